The van der Waals surface area contributed by atoms with Crippen LogP contribution in [0.5, 0.6) is 0 Å². The molecule has 2 N–H and O–H groups in total. The summed E-state index contributed by atoms with van der Waals surface area (Å²) in [6, 6.07) is 15.9. The number of aliphatic carboxylic acids is 1. The molecule has 33 heavy (non-hydrogen) atoms. The van der Waals surface area contributed by atoms with E-state index >= 15 is 0 Å². The van der Waals surface area contributed by atoms with Crippen LogP contribution in [0.15, 0.2) is 54.7 Å². The summed E-state index contributed by atoms with van der Waals surface area (Å²) >= 11 is 0. The van der Waals surface area contributed by atoms with Crippen LogP contribution in [0.1, 0.15) is 36.4 Å². The van der Waals surface area contributed by atoms with Gasteiger partial charge in [-0.1, -0.05) is 36.4 Å². The third kappa shape index (κ3) is 6.09. The van der Waals surface area contributed by atoms with E-state index in [1.807, 2.05) is 41.3 Å². The molecule has 0 bridgehead atoms. The third-order valence-corrected chi connectivity index (χ3v) is 5.96. The van der Waals surface area contributed by atoms with Crippen molar-refractivity contribution < 1.29 is 32.7 Å². The molecular weight excluding hydrogens is 439 g/mol. The van der Waals surface area contributed by atoms with Crippen LogP contribution in [-0.4, -0.2) is 57.6 Å². The van der Waals surface area contributed by atoms with Crippen LogP contribution in [0.3, 0.4) is 0 Å². The summed E-state index contributed by atoms with van der Waals surface area (Å²) in [5.41, 5.74) is 1.79. The van der Waals surface area contributed by atoms with Crippen molar-refractivity contribution in [2.45, 2.75) is 43.3 Å². The predicted octanol–water partition coefficient (Wildman–Crippen LogP) is 2.92. The van der Waals surface area contributed by atoms with Gasteiger partial charge < -0.3 is 15.3 Å². The number of carboxylic acids is 1. The Hall–Kier alpha value is -3.43. The van der Waals surface area contributed by atoms with Gasteiger partial charge in [-0.2, -0.15) is 13.2 Å². The number of carbonyl (C=O) groups is 3. The fourth-order valence-electron chi connectivity index (χ4n) is 4.32. The normalized spacial score (nSPS) is 19.4. The Morgan fingerprint density at radius 2 is 1.70 bits per heavy atom. The van der Waals surface area contributed by atoms with Crippen molar-refractivity contribution >= 4 is 17.8 Å². The van der Waals surface area contributed by atoms with E-state index in [0.717, 1.165) is 18.5 Å². The lowest BCUT2D eigenvalue weighted by atomic mass is 9.74. The van der Waals surface area contributed by atoms with Crippen LogP contribution in [0.25, 0.3) is 0 Å². The van der Waals surface area contributed by atoms with Crippen LogP contribution in [-0.2, 0) is 20.8 Å². The molecule has 1 atom stereocenters. The minimum atomic E-state index is -5.08. The second-order valence-corrected chi connectivity index (χ2v) is 8.05. The average molecular weight is 463 g/mol. The highest BCUT2D eigenvalue weighted by Crippen LogP contribution is 2.43. The number of aromatic nitrogens is 1. The highest BCUT2D eigenvalue weighted by molar-refractivity contribution is 5.82. The van der Waals surface area contributed by atoms with Gasteiger partial charge in [0.25, 0.3) is 0 Å². The van der Waals surface area contributed by atoms with Gasteiger partial charge in [-0.15, -0.1) is 0 Å². The summed E-state index contributed by atoms with van der Waals surface area (Å²) in [5, 5.41) is 10.4. The van der Waals surface area contributed by atoms with Gasteiger partial charge in [-0.3, -0.25) is 14.6 Å². The lowest BCUT2D eigenvalue weighted by Crippen LogP contribution is -2.54. The molecule has 2 aromatic rings. The standard InChI is InChI=1S/C21H23N3O2.C2HF3O2/c25-19-15-18(16-6-2-1-3-7-16)21(23-19)9-12-24(13-10-21)20(26)14-17-8-4-5-11-22-17;3-2(4,5)1(6)7/h1-8,11,18H,9-10,12-15H2,(H,23,25);(H,6,7). The zero-order chi connectivity index (χ0) is 24.1. The minimum absolute atomic E-state index is 0.110. The van der Waals surface area contributed by atoms with Gasteiger partial charge >= 0.3 is 12.1 Å². The Labute approximate surface area is 188 Å². The van der Waals surface area contributed by atoms with Crippen LogP contribution in [0.4, 0.5) is 13.2 Å². The minimum Gasteiger partial charge on any atom is -0.475 e. The smallest absolute Gasteiger partial charge is 0.475 e. The van der Waals surface area contributed by atoms with Crippen LogP contribution < -0.4 is 5.32 Å². The number of nitrogens with zero attached hydrogens (tertiary/aromatic N) is 2. The first-order valence-electron chi connectivity index (χ1n) is 10.4. The fourth-order valence-corrected chi connectivity index (χ4v) is 4.32. The van der Waals surface area contributed by atoms with E-state index in [9.17, 15) is 22.8 Å². The number of carboxylic acid groups (broad SMARTS) is 1. The molecule has 0 saturated carbocycles. The molecule has 1 aromatic heterocycles. The SMILES string of the molecule is O=C(O)C(F)(F)F.O=C1CC(c2ccccc2)C2(CCN(C(=O)Cc3ccccn3)CC2)N1. The first-order chi connectivity index (χ1) is 15.6. The number of halogens is 3. The number of nitrogens with one attached hydrogen (secondary N) is 1. The summed E-state index contributed by atoms with van der Waals surface area (Å²) in [6.07, 6.45) is -0.904. The predicted molar refractivity (Wildman–Crippen MR) is 112 cm³/mol. The van der Waals surface area contributed by atoms with E-state index in [2.05, 4.69) is 22.4 Å². The van der Waals surface area contributed by atoms with Crippen molar-refractivity contribution in [2.75, 3.05) is 13.1 Å². The van der Waals surface area contributed by atoms with Crippen molar-refractivity contribution in [3.05, 3.63) is 66.0 Å². The van der Waals surface area contributed by atoms with E-state index in [0.29, 0.717) is 25.9 Å². The van der Waals surface area contributed by atoms with Gasteiger partial charge in [-0.25, -0.2) is 4.79 Å². The van der Waals surface area contributed by atoms with Gasteiger partial charge in [0.1, 0.15) is 0 Å². The van der Waals surface area contributed by atoms with Gasteiger partial charge in [0.2, 0.25) is 11.8 Å². The number of alkyl halides is 3. The highest BCUT2D eigenvalue weighted by Gasteiger charge is 2.49. The second kappa shape index (κ2) is 10.0. The first kappa shape index (κ1) is 24.2. The molecule has 1 spiro atoms. The number of carbonyl (C=O) groups excluding carboxylic acids is 2. The van der Waals surface area contributed by atoms with Gasteiger partial charge in [-0.05, 0) is 30.5 Å². The maximum absolute atomic E-state index is 12.6. The van der Waals surface area contributed by atoms with E-state index in [4.69, 9.17) is 9.90 Å². The zero-order valence-electron chi connectivity index (χ0n) is 17.7. The zero-order valence-corrected chi connectivity index (χ0v) is 17.7. The van der Waals surface area contributed by atoms with Gasteiger partial charge in [0.15, 0.2) is 0 Å². The van der Waals surface area contributed by atoms with Crippen molar-refractivity contribution in [3.63, 3.8) is 0 Å². The Kier molecular flexibility index (Phi) is 7.35. The van der Waals surface area contributed by atoms with Gasteiger partial charge in [0, 0.05) is 37.3 Å². The fraction of sp³-hybridized carbons (Fsp3) is 0.391. The van der Waals surface area contributed by atoms with Crippen molar-refractivity contribution in [2.24, 2.45) is 0 Å². The molecule has 2 saturated heterocycles. The molecule has 2 amide bonds. The lowest BCUT2D eigenvalue weighted by Gasteiger charge is -2.43. The number of amides is 2. The number of pyridine rings is 1. The highest BCUT2D eigenvalue weighted by atomic mass is 19.4. The third-order valence-electron chi connectivity index (χ3n) is 5.96. The molecule has 10 heteroatoms. The van der Waals surface area contributed by atoms with E-state index in [-0.39, 0.29) is 23.3 Å². The average Bonchev–Trinajstić information content (AvgIpc) is 3.10. The Balaban J connectivity index is 0.000000383. The number of rotatable bonds is 3. The maximum Gasteiger partial charge on any atom is 0.490 e. The molecule has 0 radical (unpaired) electrons. The Morgan fingerprint density at radius 1 is 1.09 bits per heavy atom. The first-order valence-corrected chi connectivity index (χ1v) is 10.4. The summed E-state index contributed by atoms with van der Waals surface area (Å²) in [6.45, 7) is 1.35. The topological polar surface area (TPSA) is 99.6 Å². The Bertz CT molecular complexity index is 975. The number of likely N-dealkylation sites (tertiary alicyclic amines) is 1. The van der Waals surface area contributed by atoms with Crippen LogP contribution >= 0.6 is 0 Å². The molecule has 2 aliphatic rings. The molecule has 1 aromatic carbocycles. The molecule has 176 valence electrons. The summed E-state index contributed by atoms with van der Waals surface area (Å²) in [7, 11) is 0. The molecule has 0 aliphatic carbocycles. The largest absolute Gasteiger partial charge is 0.490 e. The van der Waals surface area contributed by atoms with Crippen LogP contribution in [0, 0.1) is 0 Å². The molecule has 2 fully saturated rings. The lowest BCUT2D eigenvalue weighted by molar-refractivity contribution is -0.192. The quantitative estimate of drug-likeness (QED) is 0.729. The number of hydrogen-bond acceptors (Lipinski definition) is 4. The van der Waals surface area contributed by atoms with Crippen molar-refractivity contribution in [3.8, 4) is 0 Å². The molecular formula is C23H24F3N3O4. The van der Waals surface area contributed by atoms with E-state index < -0.39 is 12.1 Å². The number of hydrogen-bond donors (Lipinski definition) is 2. The molecule has 3 heterocycles. The van der Waals surface area contributed by atoms with Crippen LogP contribution in [0.2, 0.25) is 0 Å². The summed E-state index contributed by atoms with van der Waals surface area (Å²) in [5.74, 6) is -2.34. The number of benzene rings is 1. The summed E-state index contributed by atoms with van der Waals surface area (Å²) < 4.78 is 31.7. The number of piperidine rings is 1. The maximum atomic E-state index is 12.6. The van der Waals surface area contributed by atoms with E-state index in [1.54, 1.807) is 6.20 Å². The molecule has 2 aliphatic heterocycles. The van der Waals surface area contributed by atoms with Crippen molar-refractivity contribution in [1.82, 2.24) is 15.2 Å². The second-order valence-electron chi connectivity index (χ2n) is 8.05. The Morgan fingerprint density at radius 3 is 2.24 bits per heavy atom. The van der Waals surface area contributed by atoms with Crippen molar-refractivity contribution in [1.29, 1.82) is 0 Å². The summed E-state index contributed by atoms with van der Waals surface area (Å²) in [4.78, 5) is 39.8. The monoisotopic (exact) mass is 463 g/mol. The van der Waals surface area contributed by atoms with Gasteiger partial charge in [0.05, 0.1) is 12.0 Å². The molecule has 7 nitrogen and oxygen atoms in total. The van der Waals surface area contributed by atoms with E-state index in [1.165, 1.54) is 5.56 Å². The molecule has 4 rings (SSSR count). The molecule has 1 unspecified atom stereocenters.